The summed E-state index contributed by atoms with van der Waals surface area (Å²) >= 11 is 6.02. The van der Waals surface area contributed by atoms with Crippen LogP contribution in [0, 0.1) is 5.92 Å². The number of sulfonamides is 1. The molecule has 4 nitrogen and oxygen atoms in total. The molecular formula is C9H14N2O2S3. The highest BCUT2D eigenvalue weighted by atomic mass is 32.2. The van der Waals surface area contributed by atoms with E-state index in [4.69, 9.17) is 18.0 Å². The van der Waals surface area contributed by atoms with E-state index in [9.17, 15) is 8.42 Å². The van der Waals surface area contributed by atoms with Gasteiger partial charge in [0.1, 0.15) is 4.21 Å². The van der Waals surface area contributed by atoms with Crippen LogP contribution in [-0.4, -0.2) is 31.3 Å². The lowest BCUT2D eigenvalue weighted by molar-refractivity contribution is 0.446. The quantitative estimate of drug-likeness (QED) is 0.824. The van der Waals surface area contributed by atoms with Gasteiger partial charge in [-0.25, -0.2) is 8.42 Å². The summed E-state index contributed by atoms with van der Waals surface area (Å²) in [6.45, 7) is 2.11. The van der Waals surface area contributed by atoms with Crippen LogP contribution in [0.5, 0.6) is 0 Å². The molecular weight excluding hydrogens is 264 g/mol. The van der Waals surface area contributed by atoms with Gasteiger partial charge in [0.2, 0.25) is 0 Å². The highest BCUT2D eigenvalue weighted by Gasteiger charge is 2.23. The predicted octanol–water partition coefficient (Wildman–Crippen LogP) is 1.29. The first-order chi connectivity index (χ1) is 7.35. The first kappa shape index (κ1) is 13.6. The zero-order chi connectivity index (χ0) is 12.3. The van der Waals surface area contributed by atoms with Gasteiger partial charge in [-0.1, -0.05) is 25.2 Å². The fraction of sp³-hybridized carbons (Fsp3) is 0.444. The standard InChI is InChI=1S/C9H14N2O2S3/c1-7(9(10)14)6-11(2)16(12,13)8-4-3-5-15-8/h3-5,7H,6H2,1-2H3,(H2,10,14). The number of rotatable bonds is 5. The molecule has 1 rings (SSSR count). The zero-order valence-corrected chi connectivity index (χ0v) is 11.5. The molecule has 90 valence electrons. The van der Waals surface area contributed by atoms with Gasteiger partial charge >= 0.3 is 0 Å². The largest absolute Gasteiger partial charge is 0.393 e. The van der Waals surface area contributed by atoms with Gasteiger partial charge in [0.25, 0.3) is 10.0 Å². The van der Waals surface area contributed by atoms with Crippen LogP contribution < -0.4 is 5.73 Å². The van der Waals surface area contributed by atoms with Crippen LogP contribution in [0.25, 0.3) is 0 Å². The smallest absolute Gasteiger partial charge is 0.252 e. The van der Waals surface area contributed by atoms with Crippen molar-refractivity contribution in [1.29, 1.82) is 0 Å². The average Bonchev–Trinajstić information content (AvgIpc) is 2.70. The van der Waals surface area contributed by atoms with E-state index >= 15 is 0 Å². The second-order valence-corrected chi connectivity index (χ2v) is 7.21. The summed E-state index contributed by atoms with van der Waals surface area (Å²) in [5, 5.41) is 1.73. The summed E-state index contributed by atoms with van der Waals surface area (Å²) in [6, 6.07) is 3.30. The summed E-state index contributed by atoms with van der Waals surface area (Å²) in [5.41, 5.74) is 5.46. The van der Waals surface area contributed by atoms with Gasteiger partial charge in [-0.05, 0) is 11.4 Å². The molecule has 0 saturated carbocycles. The monoisotopic (exact) mass is 278 g/mol. The minimum Gasteiger partial charge on any atom is -0.393 e. The van der Waals surface area contributed by atoms with Crippen molar-refractivity contribution in [1.82, 2.24) is 4.31 Å². The van der Waals surface area contributed by atoms with Gasteiger partial charge in [0, 0.05) is 19.5 Å². The molecule has 0 fully saturated rings. The molecule has 1 aromatic rings. The summed E-state index contributed by atoms with van der Waals surface area (Å²) in [5.74, 6) is -0.130. The van der Waals surface area contributed by atoms with Crippen LogP contribution in [0.15, 0.2) is 21.7 Å². The van der Waals surface area contributed by atoms with E-state index in [1.807, 2.05) is 6.92 Å². The third kappa shape index (κ3) is 3.00. The Kier molecular flexibility index (Phi) is 4.43. The maximum Gasteiger partial charge on any atom is 0.252 e. The summed E-state index contributed by atoms with van der Waals surface area (Å²) in [7, 11) is -1.86. The zero-order valence-electron chi connectivity index (χ0n) is 9.08. The Morgan fingerprint density at radius 1 is 1.69 bits per heavy atom. The first-order valence-electron chi connectivity index (χ1n) is 4.65. The van der Waals surface area contributed by atoms with Crippen LogP contribution in [0.4, 0.5) is 0 Å². The van der Waals surface area contributed by atoms with Crippen LogP contribution in [0.1, 0.15) is 6.92 Å². The van der Waals surface area contributed by atoms with E-state index in [1.54, 1.807) is 17.5 Å². The van der Waals surface area contributed by atoms with Gasteiger partial charge in [-0.3, -0.25) is 0 Å². The molecule has 0 bridgehead atoms. The molecule has 16 heavy (non-hydrogen) atoms. The lowest BCUT2D eigenvalue weighted by Gasteiger charge is -2.19. The Morgan fingerprint density at radius 3 is 2.75 bits per heavy atom. The molecule has 7 heteroatoms. The second-order valence-electron chi connectivity index (χ2n) is 3.52. The van der Waals surface area contributed by atoms with Crippen LogP contribution >= 0.6 is 23.6 Å². The number of thiophene rings is 1. The number of hydrogen-bond donors (Lipinski definition) is 1. The van der Waals surface area contributed by atoms with E-state index in [2.05, 4.69) is 0 Å². The molecule has 0 aliphatic carbocycles. The van der Waals surface area contributed by atoms with E-state index in [0.717, 1.165) is 0 Å². The Labute approximate surface area is 105 Å². The maximum atomic E-state index is 12.0. The molecule has 2 N–H and O–H groups in total. The Morgan fingerprint density at radius 2 is 2.31 bits per heavy atom. The first-order valence-corrected chi connectivity index (χ1v) is 7.37. The number of nitrogens with two attached hydrogens (primary N) is 1. The Balaban J connectivity index is 2.82. The topological polar surface area (TPSA) is 63.4 Å². The molecule has 0 saturated heterocycles. The van der Waals surface area contributed by atoms with Crippen LogP contribution in [-0.2, 0) is 10.0 Å². The molecule has 1 atom stereocenters. The molecule has 1 heterocycles. The number of thiocarbonyl (C=S) groups is 1. The normalized spacial score (nSPS) is 13.9. The number of hydrogen-bond acceptors (Lipinski definition) is 4. The summed E-state index contributed by atoms with van der Waals surface area (Å²) in [4.78, 5) is 0.327. The third-order valence-corrected chi connectivity index (χ3v) is 5.78. The second kappa shape index (κ2) is 5.22. The van der Waals surface area contributed by atoms with E-state index in [-0.39, 0.29) is 5.92 Å². The minimum absolute atomic E-state index is 0.130. The summed E-state index contributed by atoms with van der Waals surface area (Å²) < 4.78 is 25.6. The molecule has 0 amide bonds. The van der Waals surface area contributed by atoms with Gasteiger partial charge in [0.15, 0.2) is 0 Å². The van der Waals surface area contributed by atoms with Crippen molar-refractivity contribution < 1.29 is 8.42 Å². The molecule has 0 aromatic carbocycles. The van der Waals surface area contributed by atoms with Crippen molar-refractivity contribution in [2.45, 2.75) is 11.1 Å². The maximum absolute atomic E-state index is 12.0. The van der Waals surface area contributed by atoms with Crippen molar-refractivity contribution in [3.63, 3.8) is 0 Å². The van der Waals surface area contributed by atoms with Crippen molar-refractivity contribution in [2.24, 2.45) is 11.7 Å². The van der Waals surface area contributed by atoms with Gasteiger partial charge in [-0.2, -0.15) is 4.31 Å². The summed E-state index contributed by atoms with van der Waals surface area (Å²) in [6.07, 6.45) is 0. The predicted molar refractivity (Wildman–Crippen MR) is 70.1 cm³/mol. The van der Waals surface area contributed by atoms with E-state index < -0.39 is 10.0 Å². The van der Waals surface area contributed by atoms with Crippen LogP contribution in [0.3, 0.4) is 0 Å². The third-order valence-electron chi connectivity index (χ3n) is 2.18. The molecule has 0 spiro atoms. The lowest BCUT2D eigenvalue weighted by Crippen LogP contribution is -2.35. The Bertz CT molecular complexity index is 453. The van der Waals surface area contributed by atoms with E-state index in [1.165, 1.54) is 22.7 Å². The van der Waals surface area contributed by atoms with Crippen molar-refractivity contribution in [2.75, 3.05) is 13.6 Å². The SMILES string of the molecule is CC(CN(C)S(=O)(=O)c1cccs1)C(N)=S. The molecule has 1 unspecified atom stereocenters. The molecule has 0 aliphatic rings. The molecule has 0 aliphatic heterocycles. The van der Waals surface area contributed by atoms with Crippen LogP contribution in [0.2, 0.25) is 0 Å². The van der Waals surface area contributed by atoms with Gasteiger partial charge < -0.3 is 5.73 Å². The fourth-order valence-corrected chi connectivity index (χ4v) is 3.67. The fourth-order valence-electron chi connectivity index (χ4n) is 1.14. The van der Waals surface area contributed by atoms with Gasteiger partial charge in [-0.15, -0.1) is 11.3 Å². The van der Waals surface area contributed by atoms with Crippen molar-refractivity contribution in [3.8, 4) is 0 Å². The molecule has 1 aromatic heterocycles. The van der Waals surface area contributed by atoms with Crippen molar-refractivity contribution in [3.05, 3.63) is 17.5 Å². The minimum atomic E-state index is -3.39. The highest BCUT2D eigenvalue weighted by Crippen LogP contribution is 2.20. The lowest BCUT2D eigenvalue weighted by atomic mass is 10.2. The van der Waals surface area contributed by atoms with Gasteiger partial charge in [0.05, 0.1) is 4.99 Å². The number of nitrogens with zero attached hydrogens (tertiary/aromatic N) is 1. The molecule has 0 radical (unpaired) electrons. The average molecular weight is 278 g/mol. The highest BCUT2D eigenvalue weighted by molar-refractivity contribution is 7.91. The Hall–Kier alpha value is -0.500. The van der Waals surface area contributed by atoms with Crippen molar-refractivity contribution >= 4 is 38.6 Å². The van der Waals surface area contributed by atoms with E-state index in [0.29, 0.717) is 15.7 Å².